The fraction of sp³-hybridized carbons (Fsp3) is 0.600. The Morgan fingerprint density at radius 3 is 2.75 bits per heavy atom. The van der Waals surface area contributed by atoms with Crippen LogP contribution in [0, 0.1) is 0 Å². The number of likely N-dealkylation sites (tertiary alicyclic amines) is 1. The molecule has 0 aliphatic carbocycles. The smallest absolute Gasteiger partial charge is 0.317 e. The van der Waals surface area contributed by atoms with Gasteiger partial charge in [0.2, 0.25) is 5.91 Å². The number of carbonyl (C=O) groups excluding carboxylic acids is 1. The molecule has 158 valence electrons. The van der Waals surface area contributed by atoms with Gasteiger partial charge in [-0.25, -0.2) is 0 Å². The number of aliphatic carboxylic acids is 1. The molecule has 7 nitrogen and oxygen atoms in total. The van der Waals surface area contributed by atoms with Gasteiger partial charge in [-0.3, -0.25) is 19.4 Å². The van der Waals surface area contributed by atoms with Crippen molar-refractivity contribution in [1.82, 2.24) is 15.1 Å². The second-order valence-corrected chi connectivity index (χ2v) is 7.08. The second kappa shape index (κ2) is 12.6. The fourth-order valence-corrected chi connectivity index (χ4v) is 3.58. The third-order valence-corrected chi connectivity index (χ3v) is 5.07. The average Bonchev–Trinajstić information content (AvgIpc) is 2.87. The Morgan fingerprint density at radius 1 is 1.29 bits per heavy atom. The predicted molar refractivity (Wildman–Crippen MR) is 111 cm³/mol. The molecular formula is C20H32ClN3O4. The molecule has 2 rings (SSSR count). The maximum atomic E-state index is 12.3. The number of para-hydroxylation sites is 1. The van der Waals surface area contributed by atoms with E-state index in [0.717, 1.165) is 50.1 Å². The number of carboxylic acids is 1. The van der Waals surface area contributed by atoms with Crippen molar-refractivity contribution in [3.05, 3.63) is 29.8 Å². The summed E-state index contributed by atoms with van der Waals surface area (Å²) in [6.45, 7) is 2.72. The molecule has 0 saturated carbocycles. The number of likely N-dealkylation sites (N-methyl/N-ethyl adjacent to an activating group) is 1. The van der Waals surface area contributed by atoms with Gasteiger partial charge in [0.25, 0.3) is 0 Å². The Morgan fingerprint density at radius 2 is 2.04 bits per heavy atom. The molecule has 1 heterocycles. The van der Waals surface area contributed by atoms with Gasteiger partial charge >= 0.3 is 5.97 Å². The molecule has 0 spiro atoms. The van der Waals surface area contributed by atoms with E-state index in [-0.39, 0.29) is 30.9 Å². The Bertz CT molecular complexity index is 629. The van der Waals surface area contributed by atoms with Crippen molar-refractivity contribution in [2.75, 3.05) is 46.9 Å². The molecule has 28 heavy (non-hydrogen) atoms. The van der Waals surface area contributed by atoms with E-state index in [1.54, 1.807) is 7.11 Å². The maximum absolute atomic E-state index is 12.3. The van der Waals surface area contributed by atoms with Crippen LogP contribution in [0.3, 0.4) is 0 Å². The minimum atomic E-state index is -0.798. The molecule has 2 N–H and O–H groups in total. The highest BCUT2D eigenvalue weighted by Gasteiger charge is 2.22. The summed E-state index contributed by atoms with van der Waals surface area (Å²) in [5, 5.41) is 11.9. The zero-order chi connectivity index (χ0) is 19.6. The molecular weight excluding hydrogens is 382 g/mol. The van der Waals surface area contributed by atoms with E-state index in [1.807, 2.05) is 36.2 Å². The topological polar surface area (TPSA) is 82.1 Å². The highest BCUT2D eigenvalue weighted by molar-refractivity contribution is 5.85. The first-order valence-corrected chi connectivity index (χ1v) is 9.52. The van der Waals surface area contributed by atoms with Crippen LogP contribution in [-0.2, 0) is 16.0 Å². The van der Waals surface area contributed by atoms with Crippen LogP contribution in [0.2, 0.25) is 0 Å². The normalized spacial score (nSPS) is 17.5. The van der Waals surface area contributed by atoms with Gasteiger partial charge < -0.3 is 15.2 Å². The highest BCUT2D eigenvalue weighted by atomic mass is 35.5. The van der Waals surface area contributed by atoms with Crippen molar-refractivity contribution >= 4 is 24.3 Å². The van der Waals surface area contributed by atoms with Crippen LogP contribution in [0.1, 0.15) is 24.8 Å². The molecule has 0 aromatic heterocycles. The minimum absolute atomic E-state index is 0. The second-order valence-electron chi connectivity index (χ2n) is 7.08. The number of hydrogen-bond acceptors (Lipinski definition) is 5. The number of methoxy groups -OCH3 is 1. The van der Waals surface area contributed by atoms with Gasteiger partial charge in [0.05, 0.1) is 20.2 Å². The number of halogens is 1. The third-order valence-electron chi connectivity index (χ3n) is 5.07. The first-order chi connectivity index (χ1) is 13.0. The van der Waals surface area contributed by atoms with Crippen LogP contribution in [0.25, 0.3) is 0 Å². The lowest BCUT2D eigenvalue weighted by molar-refractivity contribution is -0.138. The lowest BCUT2D eigenvalue weighted by Gasteiger charge is -2.25. The Labute approximate surface area is 173 Å². The zero-order valence-electron chi connectivity index (χ0n) is 16.7. The van der Waals surface area contributed by atoms with Gasteiger partial charge in [-0.15, -0.1) is 12.4 Å². The van der Waals surface area contributed by atoms with E-state index in [1.165, 1.54) is 0 Å². The van der Waals surface area contributed by atoms with E-state index < -0.39 is 5.97 Å². The molecule has 0 radical (unpaired) electrons. The van der Waals surface area contributed by atoms with Gasteiger partial charge in [-0.1, -0.05) is 18.2 Å². The van der Waals surface area contributed by atoms with Crippen LogP contribution in [0.5, 0.6) is 5.75 Å². The van der Waals surface area contributed by atoms with Crippen molar-refractivity contribution in [1.29, 1.82) is 0 Å². The number of hydrogen-bond donors (Lipinski definition) is 2. The van der Waals surface area contributed by atoms with E-state index in [4.69, 9.17) is 9.84 Å². The van der Waals surface area contributed by atoms with E-state index in [9.17, 15) is 9.59 Å². The standard InChI is InChI=1S/C20H31N3O4.ClH/c1-22(15-20(25)26)17-7-5-12-23(13-10-17)14-19(24)21-11-9-16-6-3-4-8-18(16)27-2;/h3-4,6,8,17H,5,7,9-15H2,1-2H3,(H,21,24)(H,25,26);1H. The molecule has 1 fully saturated rings. The van der Waals surface area contributed by atoms with Gasteiger partial charge in [-0.05, 0) is 50.9 Å². The van der Waals surface area contributed by atoms with E-state index >= 15 is 0 Å². The largest absolute Gasteiger partial charge is 0.496 e. The molecule has 1 aromatic carbocycles. The Kier molecular flexibility index (Phi) is 10.9. The summed E-state index contributed by atoms with van der Waals surface area (Å²) in [6, 6.07) is 8.09. The SMILES string of the molecule is COc1ccccc1CCNC(=O)CN1CCCC(N(C)CC(=O)O)CC1.Cl. The summed E-state index contributed by atoms with van der Waals surface area (Å²) in [7, 11) is 3.51. The van der Waals surface area contributed by atoms with Crippen LogP contribution < -0.4 is 10.1 Å². The molecule has 1 aliphatic heterocycles. The van der Waals surface area contributed by atoms with Crippen molar-refractivity contribution < 1.29 is 19.4 Å². The molecule has 1 saturated heterocycles. The lowest BCUT2D eigenvalue weighted by Crippen LogP contribution is -2.39. The Hall–Kier alpha value is -1.83. The van der Waals surface area contributed by atoms with Gasteiger partial charge in [0, 0.05) is 19.1 Å². The monoisotopic (exact) mass is 413 g/mol. The quantitative estimate of drug-likeness (QED) is 0.640. The molecule has 1 unspecified atom stereocenters. The first-order valence-electron chi connectivity index (χ1n) is 9.52. The first kappa shape index (κ1) is 24.2. The zero-order valence-corrected chi connectivity index (χ0v) is 17.5. The number of carboxylic acid groups (broad SMARTS) is 1. The number of amides is 1. The predicted octanol–water partition coefficient (Wildman–Crippen LogP) is 1.65. The van der Waals surface area contributed by atoms with E-state index in [0.29, 0.717) is 13.1 Å². The average molecular weight is 414 g/mol. The van der Waals surface area contributed by atoms with Gasteiger partial charge in [0.15, 0.2) is 0 Å². The van der Waals surface area contributed by atoms with Crippen molar-refractivity contribution in [3.63, 3.8) is 0 Å². The van der Waals surface area contributed by atoms with Crippen LogP contribution in [-0.4, -0.2) is 79.7 Å². The van der Waals surface area contributed by atoms with Gasteiger partial charge in [-0.2, -0.15) is 0 Å². The number of benzene rings is 1. The summed E-state index contributed by atoms with van der Waals surface area (Å²) in [4.78, 5) is 27.2. The molecule has 1 aromatic rings. The van der Waals surface area contributed by atoms with Crippen molar-refractivity contribution in [2.24, 2.45) is 0 Å². The summed E-state index contributed by atoms with van der Waals surface area (Å²) in [6.07, 6.45) is 3.56. The number of carbonyl (C=O) groups is 2. The summed E-state index contributed by atoms with van der Waals surface area (Å²) in [5.74, 6) is 0.0751. The highest BCUT2D eigenvalue weighted by Crippen LogP contribution is 2.17. The van der Waals surface area contributed by atoms with Crippen LogP contribution in [0.15, 0.2) is 24.3 Å². The molecule has 8 heteroatoms. The maximum Gasteiger partial charge on any atom is 0.317 e. The summed E-state index contributed by atoms with van der Waals surface area (Å²) in [5.41, 5.74) is 1.08. The van der Waals surface area contributed by atoms with Crippen molar-refractivity contribution in [2.45, 2.75) is 31.7 Å². The number of rotatable bonds is 9. The lowest BCUT2D eigenvalue weighted by atomic mass is 10.1. The van der Waals surface area contributed by atoms with Crippen LogP contribution >= 0.6 is 12.4 Å². The summed E-state index contributed by atoms with van der Waals surface area (Å²) >= 11 is 0. The van der Waals surface area contributed by atoms with Crippen LogP contribution in [0.4, 0.5) is 0 Å². The number of nitrogens with one attached hydrogen (secondary N) is 1. The van der Waals surface area contributed by atoms with Gasteiger partial charge in [0.1, 0.15) is 5.75 Å². The fourth-order valence-electron chi connectivity index (χ4n) is 3.58. The molecule has 0 bridgehead atoms. The number of nitrogens with zero attached hydrogens (tertiary/aromatic N) is 2. The molecule has 1 amide bonds. The van der Waals surface area contributed by atoms with Crippen molar-refractivity contribution in [3.8, 4) is 5.75 Å². The molecule has 1 aliphatic rings. The minimum Gasteiger partial charge on any atom is -0.496 e. The third kappa shape index (κ3) is 8.04. The summed E-state index contributed by atoms with van der Waals surface area (Å²) < 4.78 is 5.33. The molecule has 1 atom stereocenters. The number of ether oxygens (including phenoxy) is 1. The Balaban J connectivity index is 0.00000392. The van der Waals surface area contributed by atoms with E-state index in [2.05, 4.69) is 10.2 Å².